The van der Waals surface area contributed by atoms with Crippen molar-refractivity contribution in [2.24, 2.45) is 0 Å². The van der Waals surface area contributed by atoms with Crippen LogP contribution in [0.4, 0.5) is 35.2 Å². The van der Waals surface area contributed by atoms with E-state index in [-0.39, 0.29) is 11.7 Å². The van der Waals surface area contributed by atoms with E-state index < -0.39 is 17.8 Å². The molecule has 2 amide bonds. The van der Waals surface area contributed by atoms with Crippen molar-refractivity contribution in [3.05, 3.63) is 102 Å². The Balaban J connectivity index is 0.986. The van der Waals surface area contributed by atoms with E-state index in [0.29, 0.717) is 0 Å². The molecule has 5 aromatic rings. The number of nitrogens with one attached hydrogen (secondary N) is 3. The Bertz CT molecular complexity index is 1850. The molecule has 2 aliphatic rings. The lowest BCUT2D eigenvalue weighted by Gasteiger charge is -2.32. The molecule has 0 radical (unpaired) electrons. The van der Waals surface area contributed by atoms with Gasteiger partial charge >= 0.3 is 12.2 Å². The zero-order valence-electron chi connectivity index (χ0n) is 24.1. The topological polar surface area (TPSA) is 100 Å². The summed E-state index contributed by atoms with van der Waals surface area (Å²) in [4.78, 5) is 19.3. The van der Waals surface area contributed by atoms with Crippen molar-refractivity contribution in [2.75, 3.05) is 23.7 Å². The number of likely N-dealkylation sites (tertiary alicyclic amines) is 1. The fraction of sp³-hybridized carbons (Fsp3) is 0.212. The highest BCUT2D eigenvalue weighted by molar-refractivity contribution is 5.89. The van der Waals surface area contributed by atoms with Crippen LogP contribution < -0.4 is 16.0 Å². The summed E-state index contributed by atoms with van der Waals surface area (Å²) in [7, 11) is 0. The van der Waals surface area contributed by atoms with E-state index in [1.165, 1.54) is 12.1 Å². The summed E-state index contributed by atoms with van der Waals surface area (Å²) in [6.45, 7) is 2.32. The average Bonchev–Trinajstić information content (AvgIpc) is 3.41. The molecule has 0 atom stereocenters. The van der Waals surface area contributed by atoms with Gasteiger partial charge in [-0.3, -0.25) is 9.47 Å². The molecular weight excluding hydrogens is 581 g/mol. The molecule has 0 spiro atoms. The summed E-state index contributed by atoms with van der Waals surface area (Å²) >= 11 is 0. The molecule has 0 aliphatic carbocycles. The molecule has 4 heterocycles. The first-order valence-electron chi connectivity index (χ1n) is 14.7. The summed E-state index contributed by atoms with van der Waals surface area (Å²) in [5, 5.41) is 18.0. The number of amides is 2. The molecule has 228 valence electrons. The number of rotatable bonds is 5. The van der Waals surface area contributed by atoms with Crippen molar-refractivity contribution in [3.63, 3.8) is 0 Å². The second-order valence-electron chi connectivity index (χ2n) is 11.1. The first-order chi connectivity index (χ1) is 21.8. The number of piperidine rings is 1. The van der Waals surface area contributed by atoms with Crippen molar-refractivity contribution in [1.82, 2.24) is 30.0 Å². The maximum atomic E-state index is 13.0. The van der Waals surface area contributed by atoms with E-state index in [0.717, 1.165) is 90.1 Å². The van der Waals surface area contributed by atoms with Crippen LogP contribution in [0.1, 0.15) is 24.0 Å². The Morgan fingerprint density at radius 1 is 0.911 bits per heavy atom. The summed E-state index contributed by atoms with van der Waals surface area (Å²) in [5.41, 5.74) is 4.11. The Kier molecular flexibility index (Phi) is 7.42. The predicted octanol–water partition coefficient (Wildman–Crippen LogP) is 6.86. The molecule has 45 heavy (non-hydrogen) atoms. The first kappa shape index (κ1) is 28.5. The normalized spacial score (nSPS) is 14.8. The number of alkyl halides is 3. The van der Waals surface area contributed by atoms with Crippen LogP contribution in [-0.2, 0) is 12.7 Å². The minimum Gasteiger partial charge on any atom is -0.338 e. The van der Waals surface area contributed by atoms with Crippen LogP contribution in [0.15, 0.2) is 91.1 Å². The number of hydrogen-bond donors (Lipinski definition) is 3. The summed E-state index contributed by atoms with van der Waals surface area (Å²) in [6.07, 6.45) is -1.23. The third kappa shape index (κ3) is 5.96. The van der Waals surface area contributed by atoms with E-state index in [2.05, 4.69) is 60.3 Å². The van der Waals surface area contributed by atoms with Crippen LogP contribution in [0.3, 0.4) is 0 Å². The molecule has 2 aliphatic heterocycles. The number of halogens is 3. The molecule has 7 rings (SSSR count). The van der Waals surface area contributed by atoms with Gasteiger partial charge in [-0.15, -0.1) is 10.2 Å². The van der Waals surface area contributed by atoms with Gasteiger partial charge in [-0.25, -0.2) is 9.78 Å². The van der Waals surface area contributed by atoms with E-state index in [1.807, 2.05) is 41.0 Å². The second kappa shape index (κ2) is 11.7. The molecule has 0 saturated carbocycles. The number of carbonyl (C=O) groups is 1. The van der Waals surface area contributed by atoms with E-state index >= 15 is 0 Å². The Hall–Kier alpha value is -5.23. The van der Waals surface area contributed by atoms with Gasteiger partial charge in [0, 0.05) is 48.7 Å². The number of benzene rings is 3. The molecule has 0 unspecified atom stereocenters. The number of pyridine rings is 1. The molecule has 1 saturated heterocycles. The average molecular weight is 611 g/mol. The van der Waals surface area contributed by atoms with Gasteiger partial charge in [0.25, 0.3) is 0 Å². The Morgan fingerprint density at radius 3 is 2.49 bits per heavy atom. The third-order valence-corrected chi connectivity index (χ3v) is 8.10. The van der Waals surface area contributed by atoms with Gasteiger partial charge in [0.05, 0.1) is 16.9 Å². The lowest BCUT2D eigenvalue weighted by atomic mass is 10.0. The quantitative estimate of drug-likeness (QED) is 0.197. The molecule has 3 N–H and O–H groups in total. The number of anilines is 3. The molecular formula is C33H29F3N8O. The van der Waals surface area contributed by atoms with E-state index in [9.17, 15) is 18.0 Å². The number of para-hydroxylation sites is 1. The van der Waals surface area contributed by atoms with Crippen LogP contribution in [0.2, 0.25) is 0 Å². The summed E-state index contributed by atoms with van der Waals surface area (Å²) in [6, 6.07) is 24.2. The van der Waals surface area contributed by atoms with Crippen molar-refractivity contribution < 1.29 is 18.0 Å². The third-order valence-electron chi connectivity index (χ3n) is 8.10. The first-order valence-corrected chi connectivity index (χ1v) is 14.7. The van der Waals surface area contributed by atoms with Gasteiger partial charge in [-0.2, -0.15) is 13.2 Å². The molecule has 2 aromatic heterocycles. The highest BCUT2D eigenvalue weighted by Gasteiger charge is 2.31. The number of urea groups is 1. The van der Waals surface area contributed by atoms with E-state index in [1.54, 1.807) is 6.20 Å². The lowest BCUT2D eigenvalue weighted by Crippen LogP contribution is -2.45. The van der Waals surface area contributed by atoms with Crippen molar-refractivity contribution in [2.45, 2.75) is 31.6 Å². The zero-order valence-corrected chi connectivity index (χ0v) is 24.1. The summed E-state index contributed by atoms with van der Waals surface area (Å²) in [5.74, 6) is 2.19. The van der Waals surface area contributed by atoms with Gasteiger partial charge in [-0.05, 0) is 60.9 Å². The number of nitrogens with zero attached hydrogens (tertiary/aromatic N) is 5. The minimum atomic E-state index is -4.47. The number of fused-ring (bicyclic) bond motifs is 5. The van der Waals surface area contributed by atoms with Crippen LogP contribution in [0.5, 0.6) is 0 Å². The fourth-order valence-corrected chi connectivity index (χ4v) is 5.84. The number of aromatic nitrogens is 4. The van der Waals surface area contributed by atoms with Gasteiger partial charge in [0.1, 0.15) is 0 Å². The molecule has 0 bridgehead atoms. The monoisotopic (exact) mass is 610 g/mol. The maximum Gasteiger partial charge on any atom is 0.416 e. The van der Waals surface area contributed by atoms with Crippen molar-refractivity contribution in [1.29, 1.82) is 0 Å². The fourth-order valence-electron chi connectivity index (χ4n) is 5.84. The van der Waals surface area contributed by atoms with Crippen LogP contribution >= 0.6 is 0 Å². The van der Waals surface area contributed by atoms with Gasteiger partial charge in [0.2, 0.25) is 0 Å². The zero-order chi connectivity index (χ0) is 31.0. The second-order valence-corrected chi connectivity index (χ2v) is 11.1. The maximum absolute atomic E-state index is 13.0. The smallest absolute Gasteiger partial charge is 0.338 e. The largest absolute Gasteiger partial charge is 0.416 e. The highest BCUT2D eigenvalue weighted by atomic mass is 19.4. The molecule has 1 fully saturated rings. The molecule has 12 heteroatoms. The molecule has 3 aromatic carbocycles. The lowest BCUT2D eigenvalue weighted by molar-refractivity contribution is -0.137. The minimum absolute atomic E-state index is 0.0605. The SMILES string of the molecule is O=C(Nc1cccc(C(F)(F)F)c1)NC1CCN(Cc2ccc(-c3nnc4n3-c3cccnc3Nc3ccccc3-4)cc2)CC1. The Morgan fingerprint density at radius 2 is 1.69 bits per heavy atom. The predicted molar refractivity (Wildman–Crippen MR) is 165 cm³/mol. The van der Waals surface area contributed by atoms with Crippen LogP contribution in [0.25, 0.3) is 28.5 Å². The highest BCUT2D eigenvalue weighted by Crippen LogP contribution is 2.39. The Labute approximate surface area is 257 Å². The summed E-state index contributed by atoms with van der Waals surface area (Å²) < 4.78 is 41.0. The van der Waals surface area contributed by atoms with Gasteiger partial charge < -0.3 is 16.0 Å². The van der Waals surface area contributed by atoms with Crippen molar-refractivity contribution in [3.8, 4) is 28.5 Å². The standard InChI is InChI=1S/C33H29F3N8O/c34-33(35,36)23-5-3-6-25(19-23)39-32(45)38-24-14-17-43(18-15-24)20-21-10-12-22(13-11-21)30-41-42-31-26-7-1-2-8-27(26)40-29-28(44(30)31)9-4-16-37-29/h1-13,16,19,24H,14-15,17-18,20H2,(H,37,40)(H2,38,39,45). The number of carbonyl (C=O) groups excluding carboxylic acids is 1. The van der Waals surface area contributed by atoms with Gasteiger partial charge in [0.15, 0.2) is 17.5 Å². The van der Waals surface area contributed by atoms with Crippen molar-refractivity contribution >= 4 is 23.2 Å². The van der Waals surface area contributed by atoms with Crippen LogP contribution in [-0.4, -0.2) is 49.8 Å². The van der Waals surface area contributed by atoms with E-state index in [4.69, 9.17) is 0 Å². The molecule has 9 nitrogen and oxygen atoms in total. The van der Waals surface area contributed by atoms with Gasteiger partial charge in [-0.1, -0.05) is 42.5 Å². The van der Waals surface area contributed by atoms with Crippen LogP contribution in [0, 0.1) is 0 Å². The number of hydrogen-bond acceptors (Lipinski definition) is 6.